The Kier molecular flexibility index (Phi) is 6.22. The molecule has 0 aliphatic carbocycles. The van der Waals surface area contributed by atoms with Gasteiger partial charge in [0.15, 0.2) is 0 Å². The first-order chi connectivity index (χ1) is 13.9. The van der Waals surface area contributed by atoms with Crippen LogP contribution in [-0.2, 0) is 6.54 Å². The Bertz CT molecular complexity index is 1090. The van der Waals surface area contributed by atoms with Crippen LogP contribution in [0.25, 0.3) is 10.9 Å². The Morgan fingerprint density at radius 1 is 1.17 bits per heavy atom. The van der Waals surface area contributed by atoms with Gasteiger partial charge in [0.05, 0.1) is 12.6 Å². The minimum Gasteiger partial charge on any atom is -0.497 e. The third-order valence-electron chi connectivity index (χ3n) is 4.84. The first-order valence-electron chi connectivity index (χ1n) is 9.74. The summed E-state index contributed by atoms with van der Waals surface area (Å²) in [6.45, 7) is 6.97. The van der Waals surface area contributed by atoms with Gasteiger partial charge in [0.25, 0.3) is 0 Å². The van der Waals surface area contributed by atoms with E-state index in [0.717, 1.165) is 34.0 Å². The molecular weight excluding hydrogens is 366 g/mol. The molecule has 3 rings (SSSR count). The Balaban J connectivity index is 1.92. The fourth-order valence-electron chi connectivity index (χ4n) is 3.54. The number of H-pyrrole nitrogens is 1. The van der Waals surface area contributed by atoms with Crippen molar-refractivity contribution in [3.8, 4) is 5.75 Å². The molecule has 6 nitrogen and oxygen atoms in total. The number of benzene rings is 2. The first kappa shape index (κ1) is 20.5. The van der Waals surface area contributed by atoms with E-state index in [1.54, 1.807) is 24.1 Å². The number of nitrogens with zero attached hydrogens (tertiary/aromatic N) is 1. The van der Waals surface area contributed by atoms with Crippen molar-refractivity contribution in [2.24, 2.45) is 0 Å². The molecule has 2 N–H and O–H groups in total. The van der Waals surface area contributed by atoms with E-state index in [2.05, 4.69) is 16.4 Å². The number of anilines is 1. The maximum absolute atomic E-state index is 12.9. The van der Waals surface area contributed by atoms with Crippen LogP contribution in [0.2, 0.25) is 0 Å². The van der Waals surface area contributed by atoms with E-state index < -0.39 is 0 Å². The van der Waals surface area contributed by atoms with Crippen LogP contribution in [0.15, 0.2) is 47.3 Å². The van der Waals surface area contributed by atoms with Crippen molar-refractivity contribution in [1.82, 2.24) is 9.88 Å². The number of fused-ring (bicyclic) bond motifs is 1. The monoisotopic (exact) mass is 393 g/mol. The van der Waals surface area contributed by atoms with Crippen LogP contribution in [0.4, 0.5) is 10.5 Å². The summed E-state index contributed by atoms with van der Waals surface area (Å²) in [6, 6.07) is 12.7. The first-order valence-corrected chi connectivity index (χ1v) is 9.74. The van der Waals surface area contributed by atoms with Crippen LogP contribution in [0.3, 0.4) is 0 Å². The van der Waals surface area contributed by atoms with Crippen molar-refractivity contribution in [1.29, 1.82) is 0 Å². The Morgan fingerprint density at radius 3 is 2.69 bits per heavy atom. The van der Waals surface area contributed by atoms with Crippen LogP contribution in [-0.4, -0.2) is 29.6 Å². The number of carbonyl (C=O) groups excluding carboxylic acids is 1. The average Bonchev–Trinajstić information content (AvgIpc) is 2.68. The van der Waals surface area contributed by atoms with Crippen molar-refractivity contribution in [3.63, 3.8) is 0 Å². The molecule has 0 fully saturated rings. The standard InChI is InChI=1S/C23H27N3O3/c1-5-9-26(23(28)24-18-7-6-8-19(13-18)29-4)14-17-12-21(27)25-22-16(3)10-15(2)11-20(17)22/h6-8,10-13H,5,9,14H2,1-4H3,(H,24,28)(H,25,27). The molecule has 2 aromatic carbocycles. The number of aryl methyl sites for hydroxylation is 2. The van der Waals surface area contributed by atoms with Gasteiger partial charge in [-0.1, -0.05) is 24.6 Å². The summed E-state index contributed by atoms with van der Waals surface area (Å²) < 4.78 is 5.22. The molecule has 0 aliphatic heterocycles. The molecule has 152 valence electrons. The fraction of sp³-hybridized carbons (Fsp3) is 0.304. The molecule has 0 unspecified atom stereocenters. The van der Waals surface area contributed by atoms with Gasteiger partial charge >= 0.3 is 6.03 Å². The maximum atomic E-state index is 12.9. The minimum absolute atomic E-state index is 0.163. The molecule has 0 aliphatic rings. The molecule has 0 atom stereocenters. The number of amides is 2. The zero-order chi connectivity index (χ0) is 21.0. The Labute approximate surface area is 170 Å². The van der Waals surface area contributed by atoms with Crippen molar-refractivity contribution >= 4 is 22.6 Å². The van der Waals surface area contributed by atoms with Gasteiger partial charge in [-0.15, -0.1) is 0 Å². The van der Waals surface area contributed by atoms with Gasteiger partial charge in [0.2, 0.25) is 5.56 Å². The molecule has 1 aromatic heterocycles. The van der Waals surface area contributed by atoms with Gasteiger partial charge < -0.3 is 19.9 Å². The summed E-state index contributed by atoms with van der Waals surface area (Å²) in [4.78, 5) is 29.8. The lowest BCUT2D eigenvalue weighted by Crippen LogP contribution is -2.35. The summed E-state index contributed by atoms with van der Waals surface area (Å²) in [7, 11) is 1.59. The van der Waals surface area contributed by atoms with Gasteiger partial charge in [0, 0.05) is 36.3 Å². The third kappa shape index (κ3) is 4.77. The van der Waals surface area contributed by atoms with Crippen molar-refractivity contribution in [2.75, 3.05) is 19.0 Å². The number of hydrogen-bond donors (Lipinski definition) is 2. The molecule has 0 saturated heterocycles. The number of rotatable bonds is 6. The second kappa shape index (κ2) is 8.82. The van der Waals surface area contributed by atoms with E-state index >= 15 is 0 Å². The summed E-state index contributed by atoms with van der Waals surface area (Å²) in [6.07, 6.45) is 0.810. The number of urea groups is 1. The lowest BCUT2D eigenvalue weighted by atomic mass is 10.0. The Hall–Kier alpha value is -3.28. The number of ether oxygens (including phenoxy) is 1. The number of pyridine rings is 1. The Morgan fingerprint density at radius 2 is 1.97 bits per heavy atom. The molecule has 0 saturated carbocycles. The third-order valence-corrected chi connectivity index (χ3v) is 4.84. The highest BCUT2D eigenvalue weighted by Gasteiger charge is 2.16. The second-order valence-corrected chi connectivity index (χ2v) is 7.25. The van der Waals surface area contributed by atoms with Gasteiger partial charge in [0.1, 0.15) is 5.75 Å². The van der Waals surface area contributed by atoms with Crippen LogP contribution < -0.4 is 15.6 Å². The molecule has 1 heterocycles. The maximum Gasteiger partial charge on any atom is 0.322 e. The predicted molar refractivity (Wildman–Crippen MR) is 117 cm³/mol. The minimum atomic E-state index is -0.210. The molecule has 2 amide bonds. The lowest BCUT2D eigenvalue weighted by Gasteiger charge is -2.23. The number of methoxy groups -OCH3 is 1. The smallest absolute Gasteiger partial charge is 0.322 e. The molecule has 29 heavy (non-hydrogen) atoms. The highest BCUT2D eigenvalue weighted by atomic mass is 16.5. The van der Waals surface area contributed by atoms with E-state index in [1.807, 2.05) is 45.0 Å². The zero-order valence-corrected chi connectivity index (χ0v) is 17.3. The molecule has 0 radical (unpaired) electrons. The number of aromatic nitrogens is 1. The fourth-order valence-corrected chi connectivity index (χ4v) is 3.54. The van der Waals surface area contributed by atoms with Crippen LogP contribution in [0, 0.1) is 13.8 Å². The number of carbonyl (C=O) groups is 1. The quantitative estimate of drug-likeness (QED) is 0.643. The summed E-state index contributed by atoms with van der Waals surface area (Å²) in [5.74, 6) is 0.677. The molecule has 6 heteroatoms. The molecule has 0 bridgehead atoms. The van der Waals surface area contributed by atoms with Crippen LogP contribution >= 0.6 is 0 Å². The highest BCUT2D eigenvalue weighted by Crippen LogP contribution is 2.23. The van der Waals surface area contributed by atoms with Crippen molar-refractivity contribution < 1.29 is 9.53 Å². The van der Waals surface area contributed by atoms with Gasteiger partial charge in [-0.05, 0) is 49.6 Å². The molecule has 0 spiro atoms. The van der Waals surface area contributed by atoms with E-state index in [-0.39, 0.29) is 11.6 Å². The lowest BCUT2D eigenvalue weighted by molar-refractivity contribution is 0.209. The number of aromatic amines is 1. The summed E-state index contributed by atoms with van der Waals surface area (Å²) >= 11 is 0. The van der Waals surface area contributed by atoms with Crippen LogP contribution in [0.1, 0.15) is 30.0 Å². The summed E-state index contributed by atoms with van der Waals surface area (Å²) in [5, 5.41) is 3.90. The van der Waals surface area contributed by atoms with Gasteiger partial charge in [-0.2, -0.15) is 0 Å². The largest absolute Gasteiger partial charge is 0.497 e. The average molecular weight is 393 g/mol. The highest BCUT2D eigenvalue weighted by molar-refractivity contribution is 5.90. The van der Waals surface area contributed by atoms with E-state index in [9.17, 15) is 9.59 Å². The normalized spacial score (nSPS) is 10.8. The van der Waals surface area contributed by atoms with E-state index in [1.165, 1.54) is 0 Å². The van der Waals surface area contributed by atoms with Crippen molar-refractivity contribution in [2.45, 2.75) is 33.7 Å². The molecular formula is C23H27N3O3. The number of hydrogen-bond acceptors (Lipinski definition) is 3. The SMILES string of the molecule is CCCN(Cc1cc(=O)[nH]c2c(C)cc(C)cc12)C(=O)Nc1cccc(OC)c1. The predicted octanol–water partition coefficient (Wildman–Crippen LogP) is 4.60. The van der Waals surface area contributed by atoms with Crippen LogP contribution in [0.5, 0.6) is 5.75 Å². The zero-order valence-electron chi connectivity index (χ0n) is 17.3. The molecule has 3 aromatic rings. The second-order valence-electron chi connectivity index (χ2n) is 7.25. The van der Waals surface area contributed by atoms with Gasteiger partial charge in [-0.25, -0.2) is 4.79 Å². The van der Waals surface area contributed by atoms with Gasteiger partial charge in [-0.3, -0.25) is 4.79 Å². The van der Waals surface area contributed by atoms with Crippen molar-refractivity contribution in [3.05, 3.63) is 69.5 Å². The summed E-state index contributed by atoms with van der Waals surface area (Å²) in [5.41, 5.74) is 4.29. The number of nitrogens with one attached hydrogen (secondary N) is 2. The topological polar surface area (TPSA) is 74.4 Å². The van der Waals surface area contributed by atoms with E-state index in [0.29, 0.717) is 24.5 Å². The van der Waals surface area contributed by atoms with E-state index in [4.69, 9.17) is 4.74 Å².